The first-order valence-corrected chi connectivity index (χ1v) is 12.5. The van der Waals surface area contributed by atoms with E-state index in [4.69, 9.17) is 4.74 Å². The fourth-order valence-corrected chi connectivity index (χ4v) is 3.66. The van der Waals surface area contributed by atoms with Crippen LogP contribution in [0.15, 0.2) is 60.7 Å². The molecule has 0 spiro atoms. The van der Waals surface area contributed by atoms with Gasteiger partial charge in [0.25, 0.3) is 5.91 Å². The Morgan fingerprint density at radius 3 is 2.03 bits per heavy atom. The number of esters is 1. The van der Waals surface area contributed by atoms with Crippen LogP contribution >= 0.6 is 0 Å². The van der Waals surface area contributed by atoms with Crippen LogP contribution in [0.1, 0.15) is 57.0 Å². The van der Waals surface area contributed by atoms with Crippen molar-refractivity contribution in [1.29, 1.82) is 0 Å². The van der Waals surface area contributed by atoms with Crippen LogP contribution in [0.4, 0.5) is 0 Å². The lowest BCUT2D eigenvalue weighted by atomic mass is 10.0. The second-order valence-corrected chi connectivity index (χ2v) is 10.3. The number of nitrogens with zero attached hydrogens (tertiary/aromatic N) is 1. The van der Waals surface area contributed by atoms with E-state index in [1.54, 1.807) is 65.0 Å². The predicted octanol–water partition coefficient (Wildman–Crippen LogP) is 2.89. The Bertz CT molecular complexity index is 1100. The lowest BCUT2D eigenvalue weighted by Crippen LogP contribution is -2.53. The molecule has 2 aromatic carbocycles. The lowest BCUT2D eigenvalue weighted by molar-refractivity contribution is -0.156. The zero-order chi connectivity index (χ0) is 28.3. The topological polar surface area (TPSA) is 122 Å². The van der Waals surface area contributed by atoms with Crippen LogP contribution in [-0.4, -0.2) is 59.1 Å². The van der Waals surface area contributed by atoms with E-state index in [-0.39, 0.29) is 25.4 Å². The molecular weight excluding hydrogens is 486 g/mol. The van der Waals surface area contributed by atoms with Gasteiger partial charge in [-0.25, -0.2) is 0 Å². The number of carbonyl (C=O) groups is 5. The van der Waals surface area contributed by atoms with Crippen LogP contribution in [0.2, 0.25) is 0 Å². The van der Waals surface area contributed by atoms with Crippen molar-refractivity contribution < 1.29 is 28.7 Å². The van der Waals surface area contributed by atoms with Gasteiger partial charge in [-0.2, -0.15) is 0 Å². The molecular formula is C29H37N3O6. The molecule has 0 saturated heterocycles. The molecule has 0 unspecified atom stereocenters. The Morgan fingerprint density at radius 2 is 1.50 bits per heavy atom. The number of aldehydes is 1. The third kappa shape index (κ3) is 10.2. The summed E-state index contributed by atoms with van der Waals surface area (Å²) in [5.74, 6) is -2.37. The Labute approximate surface area is 223 Å². The number of rotatable bonds is 12. The first kappa shape index (κ1) is 30.2. The lowest BCUT2D eigenvalue weighted by Gasteiger charge is -2.30. The van der Waals surface area contributed by atoms with Crippen molar-refractivity contribution in [2.75, 3.05) is 6.54 Å². The Balaban J connectivity index is 2.19. The molecule has 2 N–H and O–H groups in total. The number of carbonyl (C=O) groups excluding carboxylic acids is 5. The molecule has 9 heteroatoms. The summed E-state index contributed by atoms with van der Waals surface area (Å²) >= 11 is 0. The summed E-state index contributed by atoms with van der Waals surface area (Å²) < 4.78 is 5.23. The van der Waals surface area contributed by atoms with Gasteiger partial charge in [0.2, 0.25) is 11.8 Å². The van der Waals surface area contributed by atoms with Gasteiger partial charge in [0.05, 0.1) is 19.0 Å². The molecule has 9 nitrogen and oxygen atoms in total. The third-order valence-corrected chi connectivity index (χ3v) is 5.43. The van der Waals surface area contributed by atoms with E-state index in [1.165, 1.54) is 4.90 Å². The van der Waals surface area contributed by atoms with Gasteiger partial charge >= 0.3 is 5.97 Å². The molecule has 204 valence electrons. The van der Waals surface area contributed by atoms with Gasteiger partial charge in [0.15, 0.2) is 0 Å². The first-order chi connectivity index (χ1) is 17.9. The van der Waals surface area contributed by atoms with Crippen LogP contribution in [0, 0.1) is 5.92 Å². The maximum absolute atomic E-state index is 13.7. The quantitative estimate of drug-likeness (QED) is 0.326. The van der Waals surface area contributed by atoms with E-state index in [9.17, 15) is 24.0 Å². The summed E-state index contributed by atoms with van der Waals surface area (Å²) in [4.78, 5) is 64.4. The Hall–Kier alpha value is -4.01. The summed E-state index contributed by atoms with van der Waals surface area (Å²) in [5.41, 5.74) is 0.462. The largest absolute Gasteiger partial charge is 0.460 e. The summed E-state index contributed by atoms with van der Waals surface area (Å²) in [7, 11) is 0. The van der Waals surface area contributed by atoms with Crippen molar-refractivity contribution in [3.63, 3.8) is 0 Å². The number of hydrogen-bond donors (Lipinski definition) is 2. The van der Waals surface area contributed by atoms with E-state index in [0.29, 0.717) is 11.8 Å². The van der Waals surface area contributed by atoms with Crippen molar-refractivity contribution in [2.24, 2.45) is 5.92 Å². The number of ether oxygens (including phenoxy) is 1. The maximum Gasteiger partial charge on any atom is 0.308 e. The third-order valence-electron chi connectivity index (χ3n) is 5.43. The minimum atomic E-state index is -1.11. The molecule has 2 rings (SSSR count). The second-order valence-electron chi connectivity index (χ2n) is 10.3. The van der Waals surface area contributed by atoms with Gasteiger partial charge in [-0.3, -0.25) is 19.2 Å². The van der Waals surface area contributed by atoms with Crippen LogP contribution in [-0.2, 0) is 30.5 Å². The van der Waals surface area contributed by atoms with Crippen molar-refractivity contribution in [1.82, 2.24) is 15.5 Å². The van der Waals surface area contributed by atoms with Crippen LogP contribution in [0.5, 0.6) is 0 Å². The van der Waals surface area contributed by atoms with E-state index >= 15 is 0 Å². The highest BCUT2D eigenvalue weighted by molar-refractivity contribution is 5.98. The number of hydrogen-bond acceptors (Lipinski definition) is 6. The molecule has 0 fully saturated rings. The van der Waals surface area contributed by atoms with E-state index in [2.05, 4.69) is 10.6 Å². The highest BCUT2D eigenvalue weighted by atomic mass is 16.6. The molecule has 0 saturated carbocycles. The van der Waals surface area contributed by atoms with Crippen LogP contribution < -0.4 is 10.6 Å². The van der Waals surface area contributed by atoms with E-state index < -0.39 is 41.4 Å². The molecule has 2 atom stereocenters. The minimum absolute atomic E-state index is 0.106. The smallest absolute Gasteiger partial charge is 0.308 e. The Morgan fingerprint density at radius 1 is 0.921 bits per heavy atom. The maximum atomic E-state index is 13.7. The molecule has 38 heavy (non-hydrogen) atoms. The Kier molecular flexibility index (Phi) is 11.2. The molecule has 0 heterocycles. The van der Waals surface area contributed by atoms with Crippen molar-refractivity contribution in [3.05, 3.63) is 71.8 Å². The zero-order valence-corrected chi connectivity index (χ0v) is 22.6. The van der Waals surface area contributed by atoms with Crippen molar-refractivity contribution in [3.8, 4) is 0 Å². The highest BCUT2D eigenvalue weighted by Crippen LogP contribution is 2.13. The van der Waals surface area contributed by atoms with Gasteiger partial charge in [-0.1, -0.05) is 62.4 Å². The summed E-state index contributed by atoms with van der Waals surface area (Å²) in [6, 6.07) is 15.7. The monoisotopic (exact) mass is 523 g/mol. The average molecular weight is 524 g/mol. The van der Waals surface area contributed by atoms with Crippen molar-refractivity contribution >= 4 is 30.0 Å². The molecule has 0 bridgehead atoms. The van der Waals surface area contributed by atoms with Gasteiger partial charge in [0.1, 0.15) is 17.9 Å². The molecule has 0 aliphatic heterocycles. The molecule has 0 radical (unpaired) electrons. The number of amides is 3. The zero-order valence-electron chi connectivity index (χ0n) is 22.6. The predicted molar refractivity (Wildman–Crippen MR) is 143 cm³/mol. The molecule has 0 aromatic heterocycles. The van der Waals surface area contributed by atoms with Gasteiger partial charge < -0.3 is 25.1 Å². The first-order valence-electron chi connectivity index (χ1n) is 12.5. The van der Waals surface area contributed by atoms with Crippen molar-refractivity contribution in [2.45, 2.75) is 65.3 Å². The van der Waals surface area contributed by atoms with E-state index in [1.807, 2.05) is 30.3 Å². The van der Waals surface area contributed by atoms with Crippen LogP contribution in [0.3, 0.4) is 0 Å². The van der Waals surface area contributed by atoms with Gasteiger partial charge in [0, 0.05) is 12.1 Å². The molecule has 0 aliphatic carbocycles. The second kappa shape index (κ2) is 14.1. The van der Waals surface area contributed by atoms with E-state index in [0.717, 1.165) is 5.56 Å². The van der Waals surface area contributed by atoms with Gasteiger partial charge in [-0.05, 0) is 44.4 Å². The summed E-state index contributed by atoms with van der Waals surface area (Å²) in [5, 5.41) is 5.29. The molecule has 2 aromatic rings. The number of nitrogens with one attached hydrogen (secondary N) is 2. The van der Waals surface area contributed by atoms with Crippen LogP contribution in [0.25, 0.3) is 0 Å². The normalized spacial score (nSPS) is 12.7. The number of benzene rings is 2. The summed E-state index contributed by atoms with van der Waals surface area (Å²) in [6.45, 7) is 8.44. The highest BCUT2D eigenvalue weighted by Gasteiger charge is 2.31. The summed E-state index contributed by atoms with van der Waals surface area (Å²) in [6.07, 6.45) is 0.128. The standard InChI is InChI=1S/C29H37N3O6/c1-20(2)26(31-27(36)22-14-10-7-11-15-22)28(37)32(17-21-12-8-6-9-13-21)18-24(34)30-23(19-33)16-25(35)38-29(3,4)5/h6-15,19-20,23,26H,16-18H2,1-5H3,(H,30,34)(H,31,36)/t23-,26-/m0/s1. The fraction of sp³-hybridized carbons (Fsp3) is 0.414. The SMILES string of the molecule is CC(C)[C@H](NC(=O)c1ccccc1)C(=O)N(CC(=O)N[C@H](C=O)CC(=O)OC(C)(C)C)Cc1ccccc1. The molecule has 0 aliphatic rings. The minimum Gasteiger partial charge on any atom is -0.460 e. The molecule has 3 amide bonds. The van der Waals surface area contributed by atoms with Gasteiger partial charge in [-0.15, -0.1) is 0 Å². The average Bonchev–Trinajstić information content (AvgIpc) is 2.85. The fourth-order valence-electron chi connectivity index (χ4n) is 3.66.